The lowest BCUT2D eigenvalue weighted by atomic mass is 10.3. The van der Waals surface area contributed by atoms with Crippen molar-refractivity contribution in [1.82, 2.24) is 5.32 Å². The quantitative estimate of drug-likeness (QED) is 0.726. The van der Waals surface area contributed by atoms with E-state index in [1.54, 1.807) is 0 Å². The smallest absolute Gasteiger partial charge is 0.167 e. The van der Waals surface area contributed by atoms with Gasteiger partial charge in [0.1, 0.15) is 12.4 Å². The number of rotatable bonds is 7. The Morgan fingerprint density at radius 3 is 2.75 bits per heavy atom. The van der Waals surface area contributed by atoms with E-state index in [4.69, 9.17) is 4.74 Å². The molecule has 0 amide bonds. The van der Waals surface area contributed by atoms with Gasteiger partial charge in [-0.25, -0.2) is 8.78 Å². The highest BCUT2D eigenvalue weighted by molar-refractivity contribution is 5.24. The van der Waals surface area contributed by atoms with Crippen molar-refractivity contribution >= 4 is 0 Å². The SMILES string of the molecule is CCCCNCCOc1ccc(F)cc1F. The molecule has 0 aliphatic rings. The molecule has 1 N–H and O–H groups in total. The molecule has 0 fully saturated rings. The van der Waals surface area contributed by atoms with Crippen LogP contribution in [0.5, 0.6) is 5.75 Å². The van der Waals surface area contributed by atoms with Gasteiger partial charge in [0.25, 0.3) is 0 Å². The molecule has 0 radical (unpaired) electrons. The predicted octanol–water partition coefficient (Wildman–Crippen LogP) is 2.73. The standard InChI is InChI=1S/C12H17F2NO/c1-2-3-6-15-7-8-16-12-5-4-10(13)9-11(12)14/h4-5,9,15H,2-3,6-8H2,1H3. The summed E-state index contributed by atoms with van der Waals surface area (Å²) >= 11 is 0. The first-order valence-corrected chi connectivity index (χ1v) is 5.52. The van der Waals surface area contributed by atoms with Crippen LogP contribution < -0.4 is 10.1 Å². The third-order valence-electron chi connectivity index (χ3n) is 2.14. The van der Waals surface area contributed by atoms with Crippen LogP contribution in [0.15, 0.2) is 18.2 Å². The molecule has 0 aromatic heterocycles. The maximum absolute atomic E-state index is 13.1. The third-order valence-corrected chi connectivity index (χ3v) is 2.14. The summed E-state index contributed by atoms with van der Waals surface area (Å²) in [4.78, 5) is 0. The van der Waals surface area contributed by atoms with Gasteiger partial charge in [0, 0.05) is 12.6 Å². The Morgan fingerprint density at radius 2 is 2.06 bits per heavy atom. The summed E-state index contributed by atoms with van der Waals surface area (Å²) in [6.07, 6.45) is 2.26. The van der Waals surface area contributed by atoms with Gasteiger partial charge < -0.3 is 10.1 Å². The Hall–Kier alpha value is -1.16. The van der Waals surface area contributed by atoms with Gasteiger partial charge in [0.05, 0.1) is 0 Å². The van der Waals surface area contributed by atoms with Crippen LogP contribution in [0.3, 0.4) is 0 Å². The van der Waals surface area contributed by atoms with Crippen molar-refractivity contribution in [1.29, 1.82) is 0 Å². The van der Waals surface area contributed by atoms with Gasteiger partial charge in [-0.2, -0.15) is 0 Å². The maximum Gasteiger partial charge on any atom is 0.167 e. The molecule has 1 aromatic carbocycles. The average molecular weight is 229 g/mol. The van der Waals surface area contributed by atoms with Crippen molar-refractivity contribution in [2.24, 2.45) is 0 Å². The first kappa shape index (κ1) is 12.9. The molecule has 0 atom stereocenters. The molecule has 1 aromatic rings. The van der Waals surface area contributed by atoms with Crippen molar-refractivity contribution in [3.63, 3.8) is 0 Å². The molecule has 4 heteroatoms. The average Bonchev–Trinajstić information content (AvgIpc) is 2.26. The maximum atomic E-state index is 13.1. The first-order chi connectivity index (χ1) is 7.74. The Morgan fingerprint density at radius 1 is 1.25 bits per heavy atom. The van der Waals surface area contributed by atoms with Gasteiger partial charge in [-0.3, -0.25) is 0 Å². The van der Waals surface area contributed by atoms with E-state index >= 15 is 0 Å². The Bertz CT molecular complexity index is 318. The highest BCUT2D eigenvalue weighted by Crippen LogP contribution is 2.17. The number of nitrogens with one attached hydrogen (secondary N) is 1. The van der Waals surface area contributed by atoms with Crippen LogP contribution in [0.4, 0.5) is 8.78 Å². The third kappa shape index (κ3) is 4.57. The van der Waals surface area contributed by atoms with Crippen LogP contribution in [0.2, 0.25) is 0 Å². The monoisotopic (exact) mass is 229 g/mol. The van der Waals surface area contributed by atoms with E-state index in [1.807, 2.05) is 0 Å². The summed E-state index contributed by atoms with van der Waals surface area (Å²) < 4.78 is 30.8. The van der Waals surface area contributed by atoms with Crippen LogP contribution in [0, 0.1) is 11.6 Å². The van der Waals surface area contributed by atoms with E-state index in [0.29, 0.717) is 13.2 Å². The fourth-order valence-electron chi connectivity index (χ4n) is 1.25. The Balaban J connectivity index is 2.21. The van der Waals surface area contributed by atoms with Crippen LogP contribution in [0.1, 0.15) is 19.8 Å². The second-order valence-electron chi connectivity index (χ2n) is 3.53. The minimum atomic E-state index is -0.659. The zero-order valence-corrected chi connectivity index (χ0v) is 9.43. The summed E-state index contributed by atoms with van der Waals surface area (Å²) in [5, 5.41) is 3.17. The fraction of sp³-hybridized carbons (Fsp3) is 0.500. The van der Waals surface area contributed by atoms with E-state index in [-0.39, 0.29) is 5.75 Å². The molecule has 1 rings (SSSR count). The van der Waals surface area contributed by atoms with Crippen LogP contribution >= 0.6 is 0 Å². The summed E-state index contributed by atoms with van der Waals surface area (Å²) in [7, 11) is 0. The number of hydrogen-bond acceptors (Lipinski definition) is 2. The van der Waals surface area contributed by atoms with Gasteiger partial charge in [-0.05, 0) is 25.1 Å². The summed E-state index contributed by atoms with van der Waals surface area (Å²) in [6, 6.07) is 3.31. The second-order valence-corrected chi connectivity index (χ2v) is 3.53. The van der Waals surface area contributed by atoms with Crippen molar-refractivity contribution in [2.45, 2.75) is 19.8 Å². The van der Waals surface area contributed by atoms with Crippen LogP contribution in [-0.2, 0) is 0 Å². The van der Waals surface area contributed by atoms with Gasteiger partial charge in [0.2, 0.25) is 0 Å². The van der Waals surface area contributed by atoms with E-state index in [1.165, 1.54) is 12.1 Å². The number of halogens is 2. The Labute approximate surface area is 94.6 Å². The zero-order valence-electron chi connectivity index (χ0n) is 9.43. The molecule has 0 saturated carbocycles. The van der Waals surface area contributed by atoms with Crippen LogP contribution in [-0.4, -0.2) is 19.7 Å². The molecule has 0 unspecified atom stereocenters. The lowest BCUT2D eigenvalue weighted by molar-refractivity contribution is 0.297. The van der Waals surface area contributed by atoms with E-state index < -0.39 is 11.6 Å². The van der Waals surface area contributed by atoms with Crippen LogP contribution in [0.25, 0.3) is 0 Å². The number of unbranched alkanes of at least 4 members (excludes halogenated alkanes) is 1. The molecule has 0 aliphatic heterocycles. The van der Waals surface area contributed by atoms with E-state index in [2.05, 4.69) is 12.2 Å². The summed E-state index contributed by atoms with van der Waals surface area (Å²) in [6.45, 7) is 4.10. The van der Waals surface area contributed by atoms with Crippen molar-refractivity contribution in [3.8, 4) is 5.75 Å². The predicted molar refractivity (Wildman–Crippen MR) is 59.6 cm³/mol. The molecule has 0 bridgehead atoms. The topological polar surface area (TPSA) is 21.3 Å². The first-order valence-electron chi connectivity index (χ1n) is 5.52. The summed E-state index contributed by atoms with van der Waals surface area (Å²) in [5.74, 6) is -1.15. The highest BCUT2D eigenvalue weighted by atomic mass is 19.1. The fourth-order valence-corrected chi connectivity index (χ4v) is 1.25. The molecule has 0 aliphatic carbocycles. The van der Waals surface area contributed by atoms with E-state index in [9.17, 15) is 8.78 Å². The largest absolute Gasteiger partial charge is 0.489 e. The molecule has 90 valence electrons. The molecule has 0 heterocycles. The molecular formula is C12H17F2NO. The van der Waals surface area contributed by atoms with Gasteiger partial charge in [-0.1, -0.05) is 13.3 Å². The molecular weight excluding hydrogens is 212 g/mol. The van der Waals surface area contributed by atoms with E-state index in [0.717, 1.165) is 25.5 Å². The van der Waals surface area contributed by atoms with Gasteiger partial charge in [0.15, 0.2) is 11.6 Å². The van der Waals surface area contributed by atoms with Crippen molar-refractivity contribution in [2.75, 3.05) is 19.7 Å². The normalized spacial score (nSPS) is 10.4. The lowest BCUT2D eigenvalue weighted by Gasteiger charge is -2.07. The number of hydrogen-bond donors (Lipinski definition) is 1. The second kappa shape index (κ2) is 7.17. The minimum Gasteiger partial charge on any atom is -0.489 e. The van der Waals surface area contributed by atoms with Gasteiger partial charge >= 0.3 is 0 Å². The zero-order chi connectivity index (χ0) is 11.8. The molecule has 2 nitrogen and oxygen atoms in total. The molecule has 16 heavy (non-hydrogen) atoms. The Kier molecular flexibility index (Phi) is 5.78. The number of benzene rings is 1. The molecule has 0 spiro atoms. The number of ether oxygens (including phenoxy) is 1. The summed E-state index contributed by atoms with van der Waals surface area (Å²) in [5.41, 5.74) is 0. The van der Waals surface area contributed by atoms with Crippen molar-refractivity contribution < 1.29 is 13.5 Å². The molecule has 0 saturated heterocycles. The minimum absolute atomic E-state index is 0.0960. The highest BCUT2D eigenvalue weighted by Gasteiger charge is 2.03. The van der Waals surface area contributed by atoms with Crippen molar-refractivity contribution in [3.05, 3.63) is 29.8 Å². The lowest BCUT2D eigenvalue weighted by Crippen LogP contribution is -2.22. The van der Waals surface area contributed by atoms with Gasteiger partial charge in [-0.15, -0.1) is 0 Å².